The molecule has 0 heterocycles. The Morgan fingerprint density at radius 1 is 0.742 bits per heavy atom. The molecule has 1 aliphatic carbocycles. The highest BCUT2D eigenvalue weighted by Crippen LogP contribution is 2.68. The van der Waals surface area contributed by atoms with E-state index in [1.54, 1.807) is 10.6 Å². The molecule has 1 fully saturated rings. The lowest BCUT2D eigenvalue weighted by Gasteiger charge is -2.49. The monoisotopic (exact) mass is 454 g/mol. The minimum absolute atomic E-state index is 0.0832. The van der Waals surface area contributed by atoms with Gasteiger partial charge >= 0.3 is 0 Å². The number of aryl methyl sites for hydroxylation is 2. The molecule has 2 aromatic rings. The van der Waals surface area contributed by atoms with Crippen LogP contribution in [0.1, 0.15) is 78.9 Å². The summed E-state index contributed by atoms with van der Waals surface area (Å²) in [6.07, 6.45) is 4.25. The van der Waals surface area contributed by atoms with Crippen LogP contribution in [0, 0.1) is 19.8 Å². The Balaban J connectivity index is 2.08. The van der Waals surface area contributed by atoms with Crippen molar-refractivity contribution >= 4 is 26.5 Å². The zero-order valence-electron chi connectivity index (χ0n) is 21.4. The summed E-state index contributed by atoms with van der Waals surface area (Å²) in [5.41, 5.74) is 4.52. The molecular weight excluding hydrogens is 410 g/mol. The largest absolute Gasteiger partial charge is 0.0921 e. The van der Waals surface area contributed by atoms with Crippen LogP contribution in [-0.4, -0.2) is 21.6 Å². The summed E-state index contributed by atoms with van der Waals surface area (Å²) in [5, 5.41) is 3.99. The lowest BCUT2D eigenvalue weighted by atomic mass is 10.0. The summed E-state index contributed by atoms with van der Waals surface area (Å²) in [4.78, 5) is 0. The number of benzene rings is 2. The molecule has 1 aliphatic rings. The van der Waals surface area contributed by atoms with Crippen LogP contribution in [0.4, 0.5) is 0 Å². The van der Waals surface area contributed by atoms with Gasteiger partial charge in [-0.1, -0.05) is 111 Å². The van der Waals surface area contributed by atoms with Crippen molar-refractivity contribution < 1.29 is 0 Å². The van der Waals surface area contributed by atoms with Gasteiger partial charge in [0.1, 0.15) is 0 Å². The molecule has 0 aromatic heterocycles. The molecule has 1 saturated carbocycles. The Morgan fingerprint density at radius 2 is 1.19 bits per heavy atom. The SMILES string of the molecule is Cc1ccccc1P(c1ccccc1C)[C@@H](C)C1CCC[C@H]1P(C(C)(C)C)C(C)(C)C. The zero-order valence-corrected chi connectivity index (χ0v) is 23.2. The van der Waals surface area contributed by atoms with Gasteiger partial charge in [-0.05, 0) is 83.9 Å². The third-order valence-electron chi connectivity index (χ3n) is 7.09. The second-order valence-corrected chi connectivity index (χ2v) is 18.2. The first kappa shape index (κ1) is 24.9. The van der Waals surface area contributed by atoms with Crippen LogP contribution in [0.15, 0.2) is 48.5 Å². The van der Waals surface area contributed by atoms with Gasteiger partial charge in [0.15, 0.2) is 0 Å². The van der Waals surface area contributed by atoms with Crippen molar-refractivity contribution in [1.82, 2.24) is 0 Å². The molecule has 3 atom stereocenters. The summed E-state index contributed by atoms with van der Waals surface area (Å²) in [5.74, 6) is 0.829. The van der Waals surface area contributed by atoms with Gasteiger partial charge in [0.25, 0.3) is 0 Å². The summed E-state index contributed by atoms with van der Waals surface area (Å²) in [6.45, 7) is 22.3. The Labute approximate surface area is 195 Å². The van der Waals surface area contributed by atoms with Crippen molar-refractivity contribution in [2.24, 2.45) is 5.92 Å². The van der Waals surface area contributed by atoms with Crippen molar-refractivity contribution in [3.8, 4) is 0 Å². The molecule has 2 aromatic carbocycles. The van der Waals surface area contributed by atoms with Crippen molar-refractivity contribution in [2.45, 2.75) is 103 Å². The minimum atomic E-state index is -0.378. The molecule has 0 bridgehead atoms. The van der Waals surface area contributed by atoms with Crippen molar-refractivity contribution in [2.75, 3.05) is 0 Å². The molecular formula is C29H44P2. The molecule has 0 nitrogen and oxygen atoms in total. The van der Waals surface area contributed by atoms with E-state index in [4.69, 9.17) is 0 Å². The van der Waals surface area contributed by atoms with Gasteiger partial charge in [0.05, 0.1) is 0 Å². The van der Waals surface area contributed by atoms with Gasteiger partial charge in [-0.15, -0.1) is 0 Å². The highest BCUT2D eigenvalue weighted by atomic mass is 31.1. The second kappa shape index (κ2) is 9.65. The average Bonchev–Trinajstić information content (AvgIpc) is 3.11. The van der Waals surface area contributed by atoms with Crippen LogP contribution in [0.25, 0.3) is 0 Å². The molecule has 1 unspecified atom stereocenters. The Kier molecular flexibility index (Phi) is 7.77. The number of hydrogen-bond donors (Lipinski definition) is 0. The van der Waals surface area contributed by atoms with Crippen LogP contribution < -0.4 is 10.6 Å². The van der Waals surface area contributed by atoms with E-state index in [0.29, 0.717) is 16.0 Å². The highest BCUT2D eigenvalue weighted by molar-refractivity contribution is 7.73. The van der Waals surface area contributed by atoms with Crippen molar-refractivity contribution in [3.05, 3.63) is 59.7 Å². The first-order valence-corrected chi connectivity index (χ1v) is 14.9. The van der Waals surface area contributed by atoms with E-state index >= 15 is 0 Å². The molecule has 170 valence electrons. The van der Waals surface area contributed by atoms with Gasteiger partial charge in [-0.2, -0.15) is 0 Å². The Morgan fingerprint density at radius 3 is 1.61 bits per heavy atom. The van der Waals surface area contributed by atoms with Gasteiger partial charge in [-0.25, -0.2) is 0 Å². The molecule has 3 rings (SSSR count). The standard InChI is InChI=1S/C29H44P2/c1-21-15-10-12-18-25(21)30(26-19-13-11-16-22(26)2)23(3)24-17-14-20-27(24)31(28(4,5)6)29(7,8)9/h10-13,15-16,18-19,23-24,27H,14,17,20H2,1-9H3/t23-,24?,27+/m0/s1. The number of rotatable bonds is 5. The maximum absolute atomic E-state index is 2.60. The lowest BCUT2D eigenvalue weighted by molar-refractivity contribution is 0.531. The predicted octanol–water partition coefficient (Wildman–Crippen LogP) is 8.37. The molecule has 0 N–H and O–H groups in total. The van der Waals surface area contributed by atoms with Crippen LogP contribution in [0.2, 0.25) is 0 Å². The predicted molar refractivity (Wildman–Crippen MR) is 146 cm³/mol. The normalized spacial score (nSPS) is 21.1. The van der Waals surface area contributed by atoms with E-state index in [-0.39, 0.29) is 15.8 Å². The van der Waals surface area contributed by atoms with Crippen LogP contribution in [0.5, 0.6) is 0 Å². The minimum Gasteiger partial charge on any atom is -0.0921 e. The molecule has 0 spiro atoms. The molecule has 31 heavy (non-hydrogen) atoms. The van der Waals surface area contributed by atoms with Crippen LogP contribution in [0.3, 0.4) is 0 Å². The topological polar surface area (TPSA) is 0 Å². The lowest BCUT2D eigenvalue weighted by Crippen LogP contribution is -2.37. The van der Waals surface area contributed by atoms with Crippen LogP contribution in [-0.2, 0) is 0 Å². The highest BCUT2D eigenvalue weighted by Gasteiger charge is 2.47. The molecule has 2 heteroatoms. The van der Waals surface area contributed by atoms with Gasteiger partial charge < -0.3 is 0 Å². The van der Waals surface area contributed by atoms with Crippen molar-refractivity contribution in [1.29, 1.82) is 0 Å². The quantitative estimate of drug-likeness (QED) is 0.398. The third-order valence-corrected chi connectivity index (χ3v) is 14.5. The van der Waals surface area contributed by atoms with Gasteiger partial charge in [0, 0.05) is 0 Å². The zero-order chi connectivity index (χ0) is 23.0. The van der Waals surface area contributed by atoms with E-state index in [9.17, 15) is 0 Å². The van der Waals surface area contributed by atoms with E-state index in [1.807, 2.05) is 0 Å². The average molecular weight is 455 g/mol. The maximum Gasteiger partial charge on any atom is -0.0123 e. The fourth-order valence-electron chi connectivity index (χ4n) is 6.28. The van der Waals surface area contributed by atoms with Gasteiger partial charge in [0.2, 0.25) is 0 Å². The first-order valence-electron chi connectivity index (χ1n) is 12.1. The van der Waals surface area contributed by atoms with E-state index < -0.39 is 0 Å². The second-order valence-electron chi connectivity index (χ2n) is 11.6. The fraction of sp³-hybridized carbons (Fsp3) is 0.586. The smallest absolute Gasteiger partial charge is 0.0123 e. The molecule has 0 saturated heterocycles. The van der Waals surface area contributed by atoms with E-state index in [2.05, 4.69) is 111 Å². The van der Waals surface area contributed by atoms with E-state index in [1.165, 1.54) is 30.4 Å². The van der Waals surface area contributed by atoms with Crippen LogP contribution >= 0.6 is 15.8 Å². The summed E-state index contributed by atoms with van der Waals surface area (Å²) < 4.78 is 0. The maximum atomic E-state index is 2.60. The third kappa shape index (κ3) is 5.45. The molecule has 0 aliphatic heterocycles. The molecule has 0 amide bonds. The number of hydrogen-bond acceptors (Lipinski definition) is 0. The Bertz CT molecular complexity index is 811. The van der Waals surface area contributed by atoms with Gasteiger partial charge in [-0.3, -0.25) is 0 Å². The Hall–Kier alpha value is -0.700. The summed E-state index contributed by atoms with van der Waals surface area (Å²) >= 11 is 0. The first-order chi connectivity index (χ1) is 14.4. The fourth-order valence-corrected chi connectivity index (χ4v) is 14.9. The molecule has 0 radical (unpaired) electrons. The van der Waals surface area contributed by atoms with Crippen molar-refractivity contribution in [3.63, 3.8) is 0 Å². The van der Waals surface area contributed by atoms with E-state index in [0.717, 1.165) is 11.6 Å². The summed E-state index contributed by atoms with van der Waals surface area (Å²) in [7, 11) is -0.461. The summed E-state index contributed by atoms with van der Waals surface area (Å²) in [6, 6.07) is 18.4.